The molecule has 4 heteroatoms. The lowest BCUT2D eigenvalue weighted by molar-refractivity contribution is 0.0355. The first-order valence-electron chi connectivity index (χ1n) is 5.40. The predicted octanol–water partition coefficient (Wildman–Crippen LogP) is 2.02. The fourth-order valence-corrected chi connectivity index (χ4v) is 1.53. The maximum atomic E-state index is 11.0. The van der Waals surface area contributed by atoms with E-state index in [9.17, 15) is 9.90 Å². The highest BCUT2D eigenvalue weighted by molar-refractivity contribution is 5.60. The summed E-state index contributed by atoms with van der Waals surface area (Å²) in [6.07, 6.45) is 5.57. The minimum atomic E-state index is -0.617. The van der Waals surface area contributed by atoms with Gasteiger partial charge in [-0.3, -0.25) is 0 Å². The van der Waals surface area contributed by atoms with Crippen LogP contribution in [-0.4, -0.2) is 30.1 Å². The molecule has 0 aromatic heterocycles. The number of carbonyl (C=O) groups is 1. The van der Waals surface area contributed by atoms with Crippen molar-refractivity contribution in [2.45, 2.75) is 44.8 Å². The third-order valence-electron chi connectivity index (χ3n) is 2.29. The minimum Gasteiger partial charge on any atom is -0.435 e. The fraction of sp³-hybridized carbons (Fsp3) is 0.727. The van der Waals surface area contributed by atoms with Crippen LogP contribution in [-0.2, 0) is 9.47 Å². The quantitative estimate of drug-likeness (QED) is 0.564. The van der Waals surface area contributed by atoms with Crippen LogP contribution in [0.1, 0.15) is 32.6 Å². The topological polar surface area (TPSA) is 55.8 Å². The van der Waals surface area contributed by atoms with Gasteiger partial charge in [-0.2, -0.15) is 0 Å². The average Bonchev–Trinajstić information content (AvgIpc) is 2.14. The van der Waals surface area contributed by atoms with Gasteiger partial charge < -0.3 is 14.6 Å². The molecule has 1 N–H and O–H groups in total. The van der Waals surface area contributed by atoms with Crippen LogP contribution >= 0.6 is 0 Å². The van der Waals surface area contributed by atoms with E-state index in [2.05, 4.69) is 0 Å². The predicted molar refractivity (Wildman–Crippen MR) is 55.5 cm³/mol. The maximum Gasteiger partial charge on any atom is 0.508 e. The molecule has 0 spiro atoms. The van der Waals surface area contributed by atoms with Crippen molar-refractivity contribution in [2.75, 3.05) is 6.61 Å². The van der Waals surface area contributed by atoms with E-state index in [4.69, 9.17) is 9.47 Å². The lowest BCUT2D eigenvalue weighted by Crippen LogP contribution is -2.19. The Morgan fingerprint density at radius 1 is 1.53 bits per heavy atom. The third-order valence-corrected chi connectivity index (χ3v) is 2.29. The largest absolute Gasteiger partial charge is 0.508 e. The standard InChI is InChI=1S/C11H18O4/c1-2-14-11(13)15-10-7-3-5-9(12)6-4-8-10/h3,7,9-10,12H,2,4-6,8H2,1H3/b7-3+. The molecule has 1 aliphatic rings. The Kier molecular flexibility index (Phi) is 5.18. The Labute approximate surface area is 89.9 Å². The molecule has 0 heterocycles. The summed E-state index contributed by atoms with van der Waals surface area (Å²) in [5.41, 5.74) is 0. The van der Waals surface area contributed by atoms with Crippen LogP contribution in [0.4, 0.5) is 4.79 Å². The molecule has 0 aliphatic heterocycles. The highest BCUT2D eigenvalue weighted by Gasteiger charge is 2.15. The number of aliphatic hydroxyl groups excluding tert-OH is 1. The van der Waals surface area contributed by atoms with Crippen molar-refractivity contribution in [2.24, 2.45) is 0 Å². The Morgan fingerprint density at radius 2 is 2.33 bits per heavy atom. The van der Waals surface area contributed by atoms with Crippen LogP contribution in [0.2, 0.25) is 0 Å². The molecule has 0 amide bonds. The molecular formula is C11H18O4. The molecule has 4 nitrogen and oxygen atoms in total. The number of rotatable bonds is 2. The van der Waals surface area contributed by atoms with Gasteiger partial charge in [-0.25, -0.2) is 4.79 Å². The summed E-state index contributed by atoms with van der Waals surface area (Å²) in [7, 11) is 0. The second-order valence-electron chi connectivity index (χ2n) is 3.59. The van der Waals surface area contributed by atoms with E-state index in [1.54, 1.807) is 6.92 Å². The van der Waals surface area contributed by atoms with E-state index < -0.39 is 6.16 Å². The van der Waals surface area contributed by atoms with Gasteiger partial charge in [0.2, 0.25) is 0 Å². The monoisotopic (exact) mass is 214 g/mol. The van der Waals surface area contributed by atoms with E-state index in [1.165, 1.54) is 0 Å². The zero-order chi connectivity index (χ0) is 11.1. The van der Waals surface area contributed by atoms with Gasteiger partial charge in [0.25, 0.3) is 0 Å². The Bertz CT molecular complexity index is 225. The first-order valence-corrected chi connectivity index (χ1v) is 5.40. The molecule has 0 saturated carbocycles. The van der Waals surface area contributed by atoms with E-state index in [-0.39, 0.29) is 12.2 Å². The second-order valence-corrected chi connectivity index (χ2v) is 3.59. The van der Waals surface area contributed by atoms with Gasteiger partial charge in [0.15, 0.2) is 0 Å². The molecular weight excluding hydrogens is 196 g/mol. The summed E-state index contributed by atoms with van der Waals surface area (Å²) in [6.45, 7) is 2.07. The summed E-state index contributed by atoms with van der Waals surface area (Å²) in [5, 5.41) is 9.38. The molecule has 0 aromatic carbocycles. The van der Waals surface area contributed by atoms with E-state index >= 15 is 0 Å². The van der Waals surface area contributed by atoms with Crippen molar-refractivity contribution in [1.82, 2.24) is 0 Å². The Hall–Kier alpha value is -1.03. The smallest absolute Gasteiger partial charge is 0.435 e. The van der Waals surface area contributed by atoms with Gasteiger partial charge >= 0.3 is 6.16 Å². The van der Waals surface area contributed by atoms with Crippen LogP contribution in [0.3, 0.4) is 0 Å². The lowest BCUT2D eigenvalue weighted by atomic mass is 10.0. The number of carbonyl (C=O) groups excluding carboxylic acids is 1. The van der Waals surface area contributed by atoms with E-state index in [1.807, 2.05) is 12.2 Å². The summed E-state index contributed by atoms with van der Waals surface area (Å²) < 4.78 is 9.77. The van der Waals surface area contributed by atoms with Crippen molar-refractivity contribution in [1.29, 1.82) is 0 Å². The number of ether oxygens (including phenoxy) is 2. The Morgan fingerprint density at radius 3 is 3.07 bits per heavy atom. The average molecular weight is 214 g/mol. The van der Waals surface area contributed by atoms with Crippen molar-refractivity contribution in [3.05, 3.63) is 12.2 Å². The molecule has 2 unspecified atom stereocenters. The molecule has 0 bridgehead atoms. The van der Waals surface area contributed by atoms with Crippen LogP contribution in [0.15, 0.2) is 12.2 Å². The highest BCUT2D eigenvalue weighted by Crippen LogP contribution is 2.15. The molecule has 0 radical (unpaired) electrons. The van der Waals surface area contributed by atoms with E-state index in [0.29, 0.717) is 13.0 Å². The van der Waals surface area contributed by atoms with Gasteiger partial charge in [-0.05, 0) is 38.7 Å². The molecule has 1 aliphatic carbocycles. The zero-order valence-electron chi connectivity index (χ0n) is 9.02. The van der Waals surface area contributed by atoms with E-state index in [0.717, 1.165) is 19.3 Å². The summed E-state index contributed by atoms with van der Waals surface area (Å²) in [5.74, 6) is 0. The van der Waals surface area contributed by atoms with Gasteiger partial charge in [0.1, 0.15) is 6.10 Å². The second kappa shape index (κ2) is 6.45. The molecule has 86 valence electrons. The summed E-state index contributed by atoms with van der Waals surface area (Å²) >= 11 is 0. The molecule has 15 heavy (non-hydrogen) atoms. The summed E-state index contributed by atoms with van der Waals surface area (Å²) in [4.78, 5) is 11.0. The van der Waals surface area contributed by atoms with Crippen molar-refractivity contribution in [3.8, 4) is 0 Å². The SMILES string of the molecule is CCOC(=O)OC1/C=C/CC(O)CCC1. The Balaban J connectivity index is 2.37. The number of hydrogen-bond donors (Lipinski definition) is 1. The van der Waals surface area contributed by atoms with Gasteiger partial charge in [0.05, 0.1) is 12.7 Å². The lowest BCUT2D eigenvalue weighted by Gasteiger charge is -2.17. The molecule has 0 fully saturated rings. The van der Waals surface area contributed by atoms with Crippen LogP contribution in [0, 0.1) is 0 Å². The maximum absolute atomic E-state index is 11.0. The van der Waals surface area contributed by atoms with Crippen molar-refractivity contribution >= 4 is 6.16 Å². The number of aliphatic hydroxyl groups is 1. The first kappa shape index (κ1) is 12.0. The van der Waals surface area contributed by atoms with Gasteiger partial charge in [0, 0.05) is 0 Å². The molecule has 0 saturated heterocycles. The number of hydrogen-bond acceptors (Lipinski definition) is 4. The molecule has 1 rings (SSSR count). The van der Waals surface area contributed by atoms with Crippen molar-refractivity contribution in [3.63, 3.8) is 0 Å². The summed E-state index contributed by atoms with van der Waals surface area (Å²) in [6, 6.07) is 0. The van der Waals surface area contributed by atoms with Crippen LogP contribution in [0.25, 0.3) is 0 Å². The zero-order valence-corrected chi connectivity index (χ0v) is 9.02. The van der Waals surface area contributed by atoms with Crippen molar-refractivity contribution < 1.29 is 19.4 Å². The van der Waals surface area contributed by atoms with Crippen LogP contribution in [0.5, 0.6) is 0 Å². The molecule has 2 atom stereocenters. The molecule has 0 aromatic rings. The van der Waals surface area contributed by atoms with Crippen LogP contribution < -0.4 is 0 Å². The highest BCUT2D eigenvalue weighted by atomic mass is 16.7. The fourth-order valence-electron chi connectivity index (χ4n) is 1.53. The van der Waals surface area contributed by atoms with Gasteiger partial charge in [-0.15, -0.1) is 0 Å². The third kappa shape index (κ3) is 4.83. The minimum absolute atomic E-state index is 0.212. The normalized spacial score (nSPS) is 28.7. The first-order chi connectivity index (χ1) is 7.22. The van der Waals surface area contributed by atoms with Gasteiger partial charge in [-0.1, -0.05) is 6.08 Å².